The lowest BCUT2D eigenvalue weighted by Gasteiger charge is -2.29. The third kappa shape index (κ3) is 5.78. The van der Waals surface area contributed by atoms with Crippen LogP contribution in [0.2, 0.25) is 0 Å². The van der Waals surface area contributed by atoms with Gasteiger partial charge in [-0.3, -0.25) is 4.79 Å². The highest BCUT2D eigenvalue weighted by molar-refractivity contribution is 5.90. The second-order valence-corrected chi connectivity index (χ2v) is 8.29. The van der Waals surface area contributed by atoms with Crippen molar-refractivity contribution >= 4 is 23.3 Å². The summed E-state index contributed by atoms with van der Waals surface area (Å²) in [6.07, 6.45) is 2.86. The Bertz CT molecular complexity index is 894. The van der Waals surface area contributed by atoms with Crippen molar-refractivity contribution in [3.05, 3.63) is 59.7 Å². The molecule has 0 aromatic heterocycles. The Morgan fingerprint density at radius 3 is 2.35 bits per heavy atom. The molecule has 1 aliphatic carbocycles. The first-order valence-electron chi connectivity index (χ1n) is 11.1. The minimum absolute atomic E-state index is 0.138. The Morgan fingerprint density at radius 2 is 1.77 bits per heavy atom. The Kier molecular flexibility index (Phi) is 7.55. The maximum Gasteiger partial charge on any atom is 0.319 e. The number of urea groups is 1. The van der Waals surface area contributed by atoms with E-state index in [-0.39, 0.29) is 17.9 Å². The predicted molar refractivity (Wildman–Crippen MR) is 127 cm³/mol. The number of nitrogens with one attached hydrogen (secondary N) is 2. The number of rotatable bonds is 9. The number of hydrogen-bond acceptors (Lipinski definition) is 3. The molecule has 1 unspecified atom stereocenters. The van der Waals surface area contributed by atoms with Crippen LogP contribution in [0.25, 0.3) is 0 Å². The first-order valence-corrected chi connectivity index (χ1v) is 11.1. The Morgan fingerprint density at radius 1 is 1.06 bits per heavy atom. The summed E-state index contributed by atoms with van der Waals surface area (Å²) in [5, 5.41) is 5.64. The molecule has 6 heteroatoms. The van der Waals surface area contributed by atoms with Crippen LogP contribution in [0.15, 0.2) is 48.5 Å². The van der Waals surface area contributed by atoms with E-state index in [4.69, 9.17) is 0 Å². The summed E-state index contributed by atoms with van der Waals surface area (Å²) in [5.41, 5.74) is 3.88. The van der Waals surface area contributed by atoms with E-state index in [2.05, 4.69) is 22.5 Å². The molecule has 0 bridgehead atoms. The predicted octanol–water partition coefficient (Wildman–Crippen LogP) is 4.58. The van der Waals surface area contributed by atoms with Gasteiger partial charge in [-0.05, 0) is 55.5 Å². The molecule has 166 valence electrons. The number of benzene rings is 2. The van der Waals surface area contributed by atoms with E-state index >= 15 is 0 Å². The first kappa shape index (κ1) is 22.7. The molecule has 6 nitrogen and oxygen atoms in total. The van der Waals surface area contributed by atoms with Crippen LogP contribution >= 0.6 is 0 Å². The van der Waals surface area contributed by atoms with Gasteiger partial charge in [0.2, 0.25) is 5.91 Å². The van der Waals surface area contributed by atoms with Crippen LogP contribution in [0.4, 0.5) is 16.2 Å². The summed E-state index contributed by atoms with van der Waals surface area (Å²) < 4.78 is 0. The van der Waals surface area contributed by atoms with Gasteiger partial charge in [-0.1, -0.05) is 37.3 Å². The van der Waals surface area contributed by atoms with Gasteiger partial charge in [-0.25, -0.2) is 4.79 Å². The summed E-state index contributed by atoms with van der Waals surface area (Å²) >= 11 is 0. The van der Waals surface area contributed by atoms with Crippen molar-refractivity contribution in [3.8, 4) is 0 Å². The standard InChI is InChI=1S/C25H34N4O2/c1-5-22(18-10-8-7-9-11-18)24(30)29(21-13-14-21)17-19-16-20(27-25(31)26-6-2)12-15-23(19)28(3)4/h7-12,15-16,21-22H,5-6,13-14,17H2,1-4H3,(H2,26,27,31). The van der Waals surface area contributed by atoms with E-state index in [1.54, 1.807) is 0 Å². The van der Waals surface area contributed by atoms with E-state index in [0.717, 1.165) is 41.8 Å². The Hall–Kier alpha value is -3.02. The molecule has 3 rings (SSSR count). The monoisotopic (exact) mass is 422 g/mol. The molecular formula is C25H34N4O2. The van der Waals surface area contributed by atoms with Crippen LogP contribution in [0.1, 0.15) is 50.2 Å². The lowest BCUT2D eigenvalue weighted by atomic mass is 9.94. The van der Waals surface area contributed by atoms with Crippen LogP contribution in [-0.2, 0) is 11.3 Å². The number of hydrogen-bond donors (Lipinski definition) is 2. The van der Waals surface area contributed by atoms with Crippen molar-refractivity contribution in [2.24, 2.45) is 0 Å². The average molecular weight is 423 g/mol. The molecule has 0 radical (unpaired) electrons. The third-order valence-electron chi connectivity index (χ3n) is 5.68. The molecule has 2 N–H and O–H groups in total. The van der Waals surface area contributed by atoms with Crippen molar-refractivity contribution in [1.29, 1.82) is 0 Å². The van der Waals surface area contributed by atoms with Crippen LogP contribution in [0.3, 0.4) is 0 Å². The molecule has 0 spiro atoms. The summed E-state index contributed by atoms with van der Waals surface area (Å²) in [4.78, 5) is 29.7. The second-order valence-electron chi connectivity index (χ2n) is 8.29. The van der Waals surface area contributed by atoms with E-state index in [0.29, 0.717) is 19.1 Å². The van der Waals surface area contributed by atoms with Crippen molar-refractivity contribution in [3.63, 3.8) is 0 Å². The van der Waals surface area contributed by atoms with Crippen molar-refractivity contribution < 1.29 is 9.59 Å². The fourth-order valence-corrected chi connectivity index (χ4v) is 3.96. The highest BCUT2D eigenvalue weighted by Gasteiger charge is 2.36. The zero-order valence-electron chi connectivity index (χ0n) is 19.0. The van der Waals surface area contributed by atoms with Gasteiger partial charge in [-0.15, -0.1) is 0 Å². The lowest BCUT2D eigenvalue weighted by Crippen LogP contribution is -2.37. The number of anilines is 2. The van der Waals surface area contributed by atoms with Gasteiger partial charge < -0.3 is 20.4 Å². The topological polar surface area (TPSA) is 64.7 Å². The van der Waals surface area contributed by atoms with Gasteiger partial charge in [0.25, 0.3) is 0 Å². The van der Waals surface area contributed by atoms with Gasteiger partial charge >= 0.3 is 6.03 Å². The minimum Gasteiger partial charge on any atom is -0.377 e. The Balaban J connectivity index is 1.87. The normalized spacial score (nSPS) is 13.9. The smallest absolute Gasteiger partial charge is 0.319 e. The zero-order chi connectivity index (χ0) is 22.4. The molecule has 1 atom stereocenters. The molecule has 31 heavy (non-hydrogen) atoms. The lowest BCUT2D eigenvalue weighted by molar-refractivity contribution is -0.134. The summed E-state index contributed by atoms with van der Waals surface area (Å²) in [6.45, 7) is 5.06. The summed E-state index contributed by atoms with van der Waals surface area (Å²) in [5.74, 6) is 0.0456. The number of carbonyl (C=O) groups is 2. The SMILES string of the molecule is CCNC(=O)Nc1ccc(N(C)C)c(CN(C(=O)C(CC)c2ccccc2)C2CC2)c1. The molecule has 0 aliphatic heterocycles. The van der Waals surface area contributed by atoms with Gasteiger partial charge in [0.05, 0.1) is 5.92 Å². The van der Waals surface area contributed by atoms with E-state index < -0.39 is 0 Å². The number of amides is 3. The van der Waals surface area contributed by atoms with Crippen molar-refractivity contribution in [1.82, 2.24) is 10.2 Å². The molecule has 2 aromatic carbocycles. The van der Waals surface area contributed by atoms with Crippen LogP contribution in [0, 0.1) is 0 Å². The molecule has 1 saturated carbocycles. The highest BCUT2D eigenvalue weighted by atomic mass is 16.2. The molecular weight excluding hydrogens is 388 g/mol. The Labute approximate surface area is 185 Å². The zero-order valence-corrected chi connectivity index (χ0v) is 19.0. The largest absolute Gasteiger partial charge is 0.377 e. The van der Waals surface area contributed by atoms with Gasteiger partial charge in [0.15, 0.2) is 0 Å². The van der Waals surface area contributed by atoms with E-state index in [1.807, 2.05) is 74.4 Å². The highest BCUT2D eigenvalue weighted by Crippen LogP contribution is 2.35. The molecule has 1 fully saturated rings. The second kappa shape index (κ2) is 10.3. The molecule has 0 saturated heterocycles. The van der Waals surface area contributed by atoms with Crippen LogP contribution in [-0.4, -0.2) is 43.5 Å². The summed E-state index contributed by atoms with van der Waals surface area (Å²) in [7, 11) is 4.00. The van der Waals surface area contributed by atoms with Crippen molar-refractivity contribution in [2.75, 3.05) is 30.9 Å². The maximum absolute atomic E-state index is 13.6. The van der Waals surface area contributed by atoms with E-state index in [1.165, 1.54) is 0 Å². The van der Waals surface area contributed by atoms with E-state index in [9.17, 15) is 9.59 Å². The fourth-order valence-electron chi connectivity index (χ4n) is 3.96. The quantitative estimate of drug-likeness (QED) is 0.622. The van der Waals surface area contributed by atoms with Crippen LogP contribution in [0.5, 0.6) is 0 Å². The molecule has 3 amide bonds. The molecule has 1 aliphatic rings. The van der Waals surface area contributed by atoms with Gasteiger partial charge in [0.1, 0.15) is 0 Å². The van der Waals surface area contributed by atoms with Crippen molar-refractivity contribution in [2.45, 2.75) is 51.6 Å². The van der Waals surface area contributed by atoms with Gasteiger partial charge in [0, 0.05) is 44.6 Å². The van der Waals surface area contributed by atoms with Crippen LogP contribution < -0.4 is 15.5 Å². The average Bonchev–Trinajstić information content (AvgIpc) is 3.58. The number of nitrogens with zero attached hydrogens (tertiary/aromatic N) is 2. The minimum atomic E-state index is -0.226. The fraction of sp³-hybridized carbons (Fsp3) is 0.440. The van der Waals surface area contributed by atoms with Gasteiger partial charge in [-0.2, -0.15) is 0 Å². The number of carbonyl (C=O) groups excluding carboxylic acids is 2. The molecule has 0 heterocycles. The molecule has 2 aromatic rings. The summed E-state index contributed by atoms with van der Waals surface area (Å²) in [6, 6.07) is 16.0. The first-order chi connectivity index (χ1) is 14.9. The third-order valence-corrected chi connectivity index (χ3v) is 5.68. The maximum atomic E-state index is 13.6.